The third kappa shape index (κ3) is 3.23. The standard InChI is InChI=1S/C21H14N4O3S/c26-15-6-7-16-13(8-19(27)28-18(16)9-15)11-29-21-17-10-24-25(20(17)22-12-23-21)14-4-2-1-3-5-14/h1-10,12,26H,11H2. The van der Waals surface area contributed by atoms with Crippen LogP contribution in [0.5, 0.6) is 5.75 Å². The Labute approximate surface area is 168 Å². The second kappa shape index (κ2) is 7.06. The van der Waals surface area contributed by atoms with E-state index in [0.29, 0.717) is 11.3 Å². The Morgan fingerprint density at radius 2 is 1.90 bits per heavy atom. The van der Waals surface area contributed by atoms with Crippen LogP contribution in [0, 0.1) is 0 Å². The molecule has 29 heavy (non-hydrogen) atoms. The van der Waals surface area contributed by atoms with E-state index in [0.717, 1.165) is 32.7 Å². The maximum Gasteiger partial charge on any atom is 0.336 e. The summed E-state index contributed by atoms with van der Waals surface area (Å²) in [5, 5.41) is 16.5. The molecular weight excluding hydrogens is 388 g/mol. The van der Waals surface area contributed by atoms with Gasteiger partial charge in [-0.15, -0.1) is 11.8 Å². The maximum absolute atomic E-state index is 11.9. The van der Waals surface area contributed by atoms with E-state index < -0.39 is 5.63 Å². The molecule has 0 spiro atoms. The zero-order valence-electron chi connectivity index (χ0n) is 15.0. The molecule has 5 rings (SSSR count). The number of hydrogen-bond acceptors (Lipinski definition) is 7. The maximum atomic E-state index is 11.9. The van der Waals surface area contributed by atoms with Gasteiger partial charge in [0.2, 0.25) is 0 Å². The van der Waals surface area contributed by atoms with Crippen LogP contribution in [0.1, 0.15) is 5.56 Å². The highest BCUT2D eigenvalue weighted by atomic mass is 32.2. The van der Waals surface area contributed by atoms with Crippen molar-refractivity contribution in [2.24, 2.45) is 0 Å². The Morgan fingerprint density at radius 3 is 2.76 bits per heavy atom. The number of phenolic OH excluding ortho intramolecular Hbond substituents is 1. The Kier molecular flexibility index (Phi) is 4.25. The van der Waals surface area contributed by atoms with Gasteiger partial charge < -0.3 is 9.52 Å². The first kappa shape index (κ1) is 17.4. The number of rotatable bonds is 4. The third-order valence-electron chi connectivity index (χ3n) is 4.51. The number of thioether (sulfide) groups is 1. The van der Waals surface area contributed by atoms with Crippen molar-refractivity contribution >= 4 is 33.8 Å². The first-order chi connectivity index (χ1) is 14.2. The quantitative estimate of drug-likeness (QED) is 0.277. The summed E-state index contributed by atoms with van der Waals surface area (Å²) in [5.41, 5.74) is 2.35. The average molecular weight is 402 g/mol. The van der Waals surface area contributed by atoms with Gasteiger partial charge in [0.25, 0.3) is 0 Å². The summed E-state index contributed by atoms with van der Waals surface area (Å²) in [6.45, 7) is 0. The molecule has 0 aliphatic rings. The SMILES string of the molecule is O=c1cc(CSc2ncnc3c2cnn3-c2ccccc2)c2ccc(O)cc2o1. The van der Waals surface area contributed by atoms with E-state index in [1.807, 2.05) is 30.3 Å². The number of benzene rings is 2. The van der Waals surface area contributed by atoms with Crippen molar-refractivity contribution in [1.82, 2.24) is 19.7 Å². The lowest BCUT2D eigenvalue weighted by Crippen LogP contribution is -2.00. The number of hydrogen-bond donors (Lipinski definition) is 1. The summed E-state index contributed by atoms with van der Waals surface area (Å²) in [4.78, 5) is 20.7. The summed E-state index contributed by atoms with van der Waals surface area (Å²) in [6, 6.07) is 16.0. The molecule has 0 bridgehead atoms. The van der Waals surface area contributed by atoms with Gasteiger partial charge in [-0.3, -0.25) is 0 Å². The molecule has 142 valence electrons. The lowest BCUT2D eigenvalue weighted by atomic mass is 10.1. The predicted molar refractivity (Wildman–Crippen MR) is 110 cm³/mol. The zero-order chi connectivity index (χ0) is 19.8. The van der Waals surface area contributed by atoms with Crippen molar-refractivity contribution in [3.8, 4) is 11.4 Å². The summed E-state index contributed by atoms with van der Waals surface area (Å²) in [7, 11) is 0. The van der Waals surface area contributed by atoms with Crippen molar-refractivity contribution < 1.29 is 9.52 Å². The topological polar surface area (TPSA) is 94.0 Å². The van der Waals surface area contributed by atoms with E-state index >= 15 is 0 Å². The van der Waals surface area contributed by atoms with Crippen molar-refractivity contribution in [2.75, 3.05) is 0 Å². The first-order valence-electron chi connectivity index (χ1n) is 8.82. The van der Waals surface area contributed by atoms with E-state index in [9.17, 15) is 9.90 Å². The van der Waals surface area contributed by atoms with Crippen LogP contribution in [-0.4, -0.2) is 24.9 Å². The second-order valence-corrected chi connectivity index (χ2v) is 7.33. The molecule has 0 fully saturated rings. The van der Waals surface area contributed by atoms with Crippen LogP contribution in [0.2, 0.25) is 0 Å². The number of fused-ring (bicyclic) bond motifs is 2. The molecule has 8 heteroatoms. The fraction of sp³-hybridized carbons (Fsp3) is 0.0476. The summed E-state index contributed by atoms with van der Waals surface area (Å²) < 4.78 is 6.97. The minimum Gasteiger partial charge on any atom is -0.508 e. The first-order valence-corrected chi connectivity index (χ1v) is 9.80. The zero-order valence-corrected chi connectivity index (χ0v) is 15.8. The van der Waals surface area contributed by atoms with Gasteiger partial charge >= 0.3 is 5.63 Å². The van der Waals surface area contributed by atoms with Gasteiger partial charge in [0.1, 0.15) is 22.7 Å². The predicted octanol–water partition coefficient (Wildman–Crippen LogP) is 3.92. The normalized spacial score (nSPS) is 11.3. The monoisotopic (exact) mass is 402 g/mol. The van der Waals surface area contributed by atoms with Crippen LogP contribution in [0.15, 0.2) is 81.4 Å². The summed E-state index contributed by atoms with van der Waals surface area (Å²) in [5.74, 6) is 0.562. The van der Waals surface area contributed by atoms with Gasteiger partial charge in [-0.05, 0) is 29.8 Å². The number of phenols is 1. The van der Waals surface area contributed by atoms with E-state index in [-0.39, 0.29) is 5.75 Å². The Bertz CT molecular complexity index is 1400. The van der Waals surface area contributed by atoms with Crippen molar-refractivity contribution in [3.05, 3.63) is 83.1 Å². The van der Waals surface area contributed by atoms with E-state index in [1.165, 1.54) is 30.2 Å². The van der Waals surface area contributed by atoms with Crippen LogP contribution in [0.3, 0.4) is 0 Å². The third-order valence-corrected chi connectivity index (χ3v) is 5.56. The Balaban J connectivity index is 1.52. The molecule has 0 radical (unpaired) electrons. The molecule has 5 aromatic rings. The van der Waals surface area contributed by atoms with Crippen LogP contribution in [0.25, 0.3) is 27.7 Å². The number of aromatic hydroxyl groups is 1. The lowest BCUT2D eigenvalue weighted by molar-refractivity contribution is 0.473. The molecule has 1 N–H and O–H groups in total. The molecule has 0 atom stereocenters. The molecule has 0 aliphatic heterocycles. The summed E-state index contributed by atoms with van der Waals surface area (Å²) in [6.07, 6.45) is 3.27. The van der Waals surface area contributed by atoms with Crippen LogP contribution in [0.4, 0.5) is 0 Å². The van der Waals surface area contributed by atoms with Crippen molar-refractivity contribution in [2.45, 2.75) is 10.8 Å². The van der Waals surface area contributed by atoms with E-state index in [2.05, 4.69) is 15.1 Å². The average Bonchev–Trinajstić information content (AvgIpc) is 3.17. The summed E-state index contributed by atoms with van der Waals surface area (Å²) >= 11 is 1.49. The van der Waals surface area contributed by atoms with Crippen molar-refractivity contribution in [1.29, 1.82) is 0 Å². The molecule has 0 saturated carbocycles. The molecule has 0 unspecified atom stereocenters. The number of nitrogens with zero attached hydrogens (tertiary/aromatic N) is 4. The van der Waals surface area contributed by atoms with Crippen molar-refractivity contribution in [3.63, 3.8) is 0 Å². The smallest absolute Gasteiger partial charge is 0.336 e. The van der Waals surface area contributed by atoms with Gasteiger partial charge in [-0.25, -0.2) is 19.4 Å². The molecule has 7 nitrogen and oxygen atoms in total. The minimum atomic E-state index is -0.455. The Hall–Kier alpha value is -3.65. The van der Waals surface area contributed by atoms with E-state index in [1.54, 1.807) is 23.0 Å². The highest BCUT2D eigenvalue weighted by Crippen LogP contribution is 2.31. The molecule has 3 aromatic heterocycles. The van der Waals surface area contributed by atoms with Gasteiger partial charge in [-0.2, -0.15) is 5.10 Å². The lowest BCUT2D eigenvalue weighted by Gasteiger charge is -2.06. The molecular formula is C21H14N4O3S. The van der Waals surface area contributed by atoms with Gasteiger partial charge in [0.15, 0.2) is 5.65 Å². The van der Waals surface area contributed by atoms with Gasteiger partial charge in [0, 0.05) is 23.3 Å². The van der Waals surface area contributed by atoms with Gasteiger partial charge in [0.05, 0.1) is 17.3 Å². The molecule has 0 aliphatic carbocycles. The van der Waals surface area contributed by atoms with Crippen LogP contribution < -0.4 is 5.63 Å². The van der Waals surface area contributed by atoms with Crippen LogP contribution in [-0.2, 0) is 5.75 Å². The highest BCUT2D eigenvalue weighted by molar-refractivity contribution is 7.98. The minimum absolute atomic E-state index is 0.0521. The molecule has 2 aromatic carbocycles. The Morgan fingerprint density at radius 1 is 1.03 bits per heavy atom. The number of para-hydroxylation sites is 1. The fourth-order valence-electron chi connectivity index (χ4n) is 3.18. The second-order valence-electron chi connectivity index (χ2n) is 6.37. The largest absolute Gasteiger partial charge is 0.508 e. The molecule has 0 amide bonds. The van der Waals surface area contributed by atoms with Crippen LogP contribution >= 0.6 is 11.8 Å². The van der Waals surface area contributed by atoms with Gasteiger partial charge in [-0.1, -0.05) is 18.2 Å². The number of aromatic nitrogens is 4. The molecule has 0 saturated heterocycles. The van der Waals surface area contributed by atoms with E-state index in [4.69, 9.17) is 4.42 Å². The molecule has 3 heterocycles. The highest BCUT2D eigenvalue weighted by Gasteiger charge is 2.13. The fourth-order valence-corrected chi connectivity index (χ4v) is 4.13.